The Morgan fingerprint density at radius 3 is 2.15 bits per heavy atom. The number of hydrogen-bond donors (Lipinski definition) is 0. The predicted octanol–water partition coefficient (Wildman–Crippen LogP) is 5.59. The van der Waals surface area contributed by atoms with Crippen molar-refractivity contribution >= 4 is 17.7 Å². The molecule has 0 spiro atoms. The number of rotatable bonds is 9. The summed E-state index contributed by atoms with van der Waals surface area (Å²) < 4.78 is 7.62. The van der Waals surface area contributed by atoms with E-state index in [0.717, 1.165) is 22.8 Å². The van der Waals surface area contributed by atoms with Crippen LogP contribution >= 0.6 is 11.8 Å². The Morgan fingerprint density at radius 1 is 0.970 bits per heavy atom. The summed E-state index contributed by atoms with van der Waals surface area (Å²) >= 11 is 1.41. The summed E-state index contributed by atoms with van der Waals surface area (Å²) in [4.78, 5) is 14.4. The Kier molecular flexibility index (Phi) is 8.19. The second-order valence-electron chi connectivity index (χ2n) is 8.75. The smallest absolute Gasteiger partial charge is 0.233 e. The average Bonchev–Trinajstić information content (AvgIpc) is 3.22. The molecule has 0 radical (unpaired) electrons. The van der Waals surface area contributed by atoms with E-state index in [1.165, 1.54) is 17.3 Å². The minimum absolute atomic E-state index is 0.0765. The van der Waals surface area contributed by atoms with Gasteiger partial charge in [0.25, 0.3) is 0 Å². The first-order valence-corrected chi connectivity index (χ1v) is 12.5. The third-order valence-corrected chi connectivity index (χ3v) is 6.40. The highest BCUT2D eigenvalue weighted by atomic mass is 32.2. The monoisotopic (exact) mass is 466 g/mol. The first-order valence-electron chi connectivity index (χ1n) is 11.5. The molecule has 3 rings (SSSR count). The summed E-state index contributed by atoms with van der Waals surface area (Å²) in [5.74, 6) is 1.98. The molecule has 0 saturated carbocycles. The van der Waals surface area contributed by atoms with Crippen molar-refractivity contribution < 1.29 is 9.53 Å². The lowest BCUT2D eigenvalue weighted by Gasteiger charge is -2.19. The molecule has 0 aliphatic heterocycles. The number of aromatic nitrogens is 3. The zero-order valence-corrected chi connectivity index (χ0v) is 21.3. The molecule has 176 valence electrons. The molecule has 7 heteroatoms. The second-order valence-corrected chi connectivity index (χ2v) is 9.69. The van der Waals surface area contributed by atoms with Crippen LogP contribution in [0.3, 0.4) is 0 Å². The van der Waals surface area contributed by atoms with Gasteiger partial charge in [-0.25, -0.2) is 0 Å². The third-order valence-electron chi connectivity index (χ3n) is 5.49. The minimum atomic E-state index is 0.0765. The van der Waals surface area contributed by atoms with Crippen LogP contribution in [-0.2, 0) is 10.2 Å². The van der Waals surface area contributed by atoms with Crippen LogP contribution < -0.4 is 4.74 Å². The van der Waals surface area contributed by atoms with Gasteiger partial charge in [0.2, 0.25) is 5.91 Å². The van der Waals surface area contributed by atoms with Crippen LogP contribution in [0.25, 0.3) is 17.1 Å². The summed E-state index contributed by atoms with van der Waals surface area (Å²) in [7, 11) is 0. The van der Waals surface area contributed by atoms with Gasteiger partial charge in [0.05, 0.1) is 12.4 Å². The van der Waals surface area contributed by atoms with Crippen molar-refractivity contribution in [3.63, 3.8) is 0 Å². The number of ether oxygens (including phenoxy) is 1. The highest BCUT2D eigenvalue weighted by molar-refractivity contribution is 7.99. The Balaban J connectivity index is 1.98. The maximum absolute atomic E-state index is 12.6. The summed E-state index contributed by atoms with van der Waals surface area (Å²) in [6.07, 6.45) is 0. The fourth-order valence-electron chi connectivity index (χ4n) is 3.55. The van der Waals surface area contributed by atoms with Gasteiger partial charge in [-0.1, -0.05) is 56.8 Å². The van der Waals surface area contributed by atoms with Crippen LogP contribution in [0.1, 0.15) is 47.1 Å². The summed E-state index contributed by atoms with van der Waals surface area (Å²) in [6.45, 7) is 14.6. The predicted molar refractivity (Wildman–Crippen MR) is 135 cm³/mol. The van der Waals surface area contributed by atoms with E-state index in [2.05, 4.69) is 55.2 Å². The van der Waals surface area contributed by atoms with Crippen molar-refractivity contribution in [1.29, 1.82) is 0 Å². The van der Waals surface area contributed by atoms with Crippen molar-refractivity contribution in [3.05, 3.63) is 54.1 Å². The molecule has 0 bridgehead atoms. The Hall–Kier alpha value is -2.80. The molecule has 1 aromatic heterocycles. The molecule has 0 unspecified atom stereocenters. The van der Waals surface area contributed by atoms with E-state index < -0.39 is 0 Å². The molecular formula is C26H34N4O2S. The van der Waals surface area contributed by atoms with Crippen molar-refractivity contribution in [2.45, 2.75) is 52.1 Å². The molecule has 0 atom stereocenters. The Labute approximate surface area is 201 Å². The summed E-state index contributed by atoms with van der Waals surface area (Å²) in [5.41, 5.74) is 3.24. The number of carbonyl (C=O) groups excluding carboxylic acids is 1. The van der Waals surface area contributed by atoms with Crippen molar-refractivity contribution in [3.8, 4) is 22.8 Å². The Morgan fingerprint density at radius 2 is 1.61 bits per heavy atom. The fourth-order valence-corrected chi connectivity index (χ4v) is 4.41. The lowest BCUT2D eigenvalue weighted by Crippen LogP contribution is -2.31. The van der Waals surface area contributed by atoms with Crippen molar-refractivity contribution in [2.75, 3.05) is 25.4 Å². The second kappa shape index (κ2) is 10.9. The zero-order valence-electron chi connectivity index (χ0n) is 20.5. The van der Waals surface area contributed by atoms with Crippen LogP contribution in [-0.4, -0.2) is 51.0 Å². The van der Waals surface area contributed by atoms with E-state index in [0.29, 0.717) is 30.6 Å². The number of hydrogen-bond acceptors (Lipinski definition) is 5. The lowest BCUT2D eigenvalue weighted by molar-refractivity contribution is -0.127. The van der Waals surface area contributed by atoms with E-state index in [9.17, 15) is 4.79 Å². The summed E-state index contributed by atoms with van der Waals surface area (Å²) in [5, 5.41) is 9.66. The number of thioether (sulfide) groups is 1. The number of nitrogens with zero attached hydrogens (tertiary/aromatic N) is 4. The van der Waals surface area contributed by atoms with Crippen molar-refractivity contribution in [1.82, 2.24) is 19.7 Å². The van der Waals surface area contributed by atoms with Gasteiger partial charge in [-0.3, -0.25) is 9.36 Å². The summed E-state index contributed by atoms with van der Waals surface area (Å²) in [6, 6.07) is 16.3. The largest absolute Gasteiger partial charge is 0.494 e. The lowest BCUT2D eigenvalue weighted by atomic mass is 9.87. The van der Waals surface area contributed by atoms with Gasteiger partial charge < -0.3 is 9.64 Å². The van der Waals surface area contributed by atoms with Crippen molar-refractivity contribution in [2.24, 2.45) is 0 Å². The molecule has 6 nitrogen and oxygen atoms in total. The van der Waals surface area contributed by atoms with Gasteiger partial charge in [0.1, 0.15) is 5.75 Å². The van der Waals surface area contributed by atoms with Gasteiger partial charge in [-0.2, -0.15) is 0 Å². The average molecular weight is 467 g/mol. The molecule has 0 saturated heterocycles. The van der Waals surface area contributed by atoms with Crippen LogP contribution in [0.15, 0.2) is 53.7 Å². The first-order chi connectivity index (χ1) is 15.8. The van der Waals surface area contributed by atoms with Crippen LogP contribution in [0, 0.1) is 0 Å². The van der Waals surface area contributed by atoms with E-state index >= 15 is 0 Å². The van der Waals surface area contributed by atoms with Crippen LogP contribution in [0.2, 0.25) is 0 Å². The first kappa shape index (κ1) is 24.8. The van der Waals surface area contributed by atoms with Gasteiger partial charge in [-0.05, 0) is 56.0 Å². The molecule has 0 aliphatic carbocycles. The molecule has 3 aromatic rings. The maximum Gasteiger partial charge on any atom is 0.233 e. The van der Waals surface area contributed by atoms with Gasteiger partial charge >= 0.3 is 0 Å². The minimum Gasteiger partial charge on any atom is -0.494 e. The van der Waals surface area contributed by atoms with E-state index in [-0.39, 0.29) is 11.3 Å². The topological polar surface area (TPSA) is 60.2 Å². The number of benzene rings is 2. The standard InChI is InChI=1S/C26H34N4O2S/c1-7-29(8-2)23(31)18-33-25-28-27-24(19-10-12-20(13-11-19)26(4,5)6)30(25)21-14-16-22(17-15-21)32-9-3/h10-17H,7-9,18H2,1-6H3. The van der Waals surface area contributed by atoms with Crippen LogP contribution in [0.4, 0.5) is 0 Å². The molecule has 0 N–H and O–H groups in total. The highest BCUT2D eigenvalue weighted by Crippen LogP contribution is 2.31. The highest BCUT2D eigenvalue weighted by Gasteiger charge is 2.20. The molecule has 2 aromatic carbocycles. The fraction of sp³-hybridized carbons (Fsp3) is 0.423. The normalized spacial score (nSPS) is 11.5. The van der Waals surface area contributed by atoms with Gasteiger partial charge in [0, 0.05) is 24.3 Å². The molecular weight excluding hydrogens is 432 g/mol. The molecule has 0 aliphatic rings. The van der Waals surface area contributed by atoms with Crippen LogP contribution in [0.5, 0.6) is 5.75 Å². The zero-order chi connectivity index (χ0) is 24.0. The maximum atomic E-state index is 12.6. The molecule has 1 amide bonds. The number of amides is 1. The van der Waals surface area contributed by atoms with Gasteiger partial charge in [-0.15, -0.1) is 10.2 Å². The number of carbonyl (C=O) groups is 1. The third kappa shape index (κ3) is 5.96. The SMILES string of the molecule is CCOc1ccc(-n2c(SCC(=O)N(CC)CC)nnc2-c2ccc(C(C)(C)C)cc2)cc1. The molecule has 33 heavy (non-hydrogen) atoms. The van der Waals surface area contributed by atoms with E-state index in [4.69, 9.17) is 4.74 Å². The van der Waals surface area contributed by atoms with E-state index in [1.54, 1.807) is 0 Å². The Bertz CT molecular complexity index is 1050. The van der Waals surface area contributed by atoms with E-state index in [1.807, 2.05) is 54.5 Å². The molecule has 0 fully saturated rings. The molecule has 1 heterocycles. The van der Waals surface area contributed by atoms with Gasteiger partial charge in [0.15, 0.2) is 11.0 Å². The quantitative estimate of drug-likeness (QED) is 0.385.